The van der Waals surface area contributed by atoms with Gasteiger partial charge in [-0.3, -0.25) is 9.59 Å². The average Bonchev–Trinajstić information content (AvgIpc) is 2.35. The second-order valence-corrected chi connectivity index (χ2v) is 5.38. The lowest BCUT2D eigenvalue weighted by Gasteiger charge is -2.40. The molecule has 0 bridgehead atoms. The van der Waals surface area contributed by atoms with E-state index in [0.29, 0.717) is 0 Å². The number of carbonyl (C=O) groups is 2. The summed E-state index contributed by atoms with van der Waals surface area (Å²) in [6.45, 7) is 7.64. The van der Waals surface area contributed by atoms with Crippen molar-refractivity contribution in [3.63, 3.8) is 0 Å². The van der Waals surface area contributed by atoms with Crippen molar-refractivity contribution in [2.45, 2.75) is 46.1 Å². The van der Waals surface area contributed by atoms with Crippen LogP contribution in [0.25, 0.3) is 0 Å². The van der Waals surface area contributed by atoms with E-state index in [4.69, 9.17) is 5.73 Å². The SMILES string of the molecule is CCC1(C(=O)N(CC(N)=O)C(C)C)CCNCC1. The lowest BCUT2D eigenvalue weighted by molar-refractivity contribution is -0.148. The highest BCUT2D eigenvalue weighted by Gasteiger charge is 2.41. The number of nitrogens with two attached hydrogens (primary N) is 1. The number of nitrogens with one attached hydrogen (secondary N) is 1. The van der Waals surface area contributed by atoms with Gasteiger partial charge in [0.1, 0.15) is 0 Å². The first-order valence-electron chi connectivity index (χ1n) is 6.73. The first-order valence-corrected chi connectivity index (χ1v) is 6.73. The Hall–Kier alpha value is -1.10. The van der Waals surface area contributed by atoms with Crippen LogP contribution in [0.2, 0.25) is 0 Å². The van der Waals surface area contributed by atoms with Gasteiger partial charge in [-0.2, -0.15) is 0 Å². The van der Waals surface area contributed by atoms with Crippen molar-refractivity contribution in [2.24, 2.45) is 11.1 Å². The van der Waals surface area contributed by atoms with Crippen molar-refractivity contribution in [1.29, 1.82) is 0 Å². The fourth-order valence-electron chi connectivity index (χ4n) is 2.59. The summed E-state index contributed by atoms with van der Waals surface area (Å²) in [5.41, 5.74) is 4.92. The summed E-state index contributed by atoms with van der Waals surface area (Å²) in [5, 5.41) is 3.28. The van der Waals surface area contributed by atoms with E-state index in [2.05, 4.69) is 5.32 Å². The highest BCUT2D eigenvalue weighted by atomic mass is 16.2. The predicted octanol–water partition coefficient (Wildman–Crippen LogP) is 0.489. The van der Waals surface area contributed by atoms with Crippen LogP contribution in [0, 0.1) is 5.41 Å². The number of hydrogen-bond donors (Lipinski definition) is 2. The highest BCUT2D eigenvalue weighted by molar-refractivity contribution is 5.87. The number of amides is 2. The molecule has 1 fully saturated rings. The molecule has 5 heteroatoms. The van der Waals surface area contributed by atoms with E-state index in [-0.39, 0.29) is 23.9 Å². The summed E-state index contributed by atoms with van der Waals surface area (Å²) < 4.78 is 0. The smallest absolute Gasteiger partial charge is 0.237 e. The van der Waals surface area contributed by atoms with Crippen LogP contribution in [-0.2, 0) is 9.59 Å². The lowest BCUT2D eigenvalue weighted by atomic mass is 9.75. The molecule has 0 atom stereocenters. The average molecular weight is 255 g/mol. The molecule has 1 saturated heterocycles. The van der Waals surface area contributed by atoms with E-state index in [1.807, 2.05) is 20.8 Å². The Kier molecular flexibility index (Phi) is 5.14. The van der Waals surface area contributed by atoms with Crippen LogP contribution >= 0.6 is 0 Å². The largest absolute Gasteiger partial charge is 0.368 e. The Labute approximate surface area is 109 Å². The molecule has 1 aliphatic rings. The maximum atomic E-state index is 12.7. The fraction of sp³-hybridized carbons (Fsp3) is 0.846. The van der Waals surface area contributed by atoms with Crippen LogP contribution < -0.4 is 11.1 Å². The van der Waals surface area contributed by atoms with Crippen LogP contribution in [0.5, 0.6) is 0 Å². The summed E-state index contributed by atoms with van der Waals surface area (Å²) in [6.07, 6.45) is 2.49. The van der Waals surface area contributed by atoms with Gasteiger partial charge in [0.15, 0.2) is 0 Å². The number of carbonyl (C=O) groups excluding carboxylic acids is 2. The predicted molar refractivity (Wildman–Crippen MR) is 70.9 cm³/mol. The monoisotopic (exact) mass is 255 g/mol. The molecule has 1 aliphatic heterocycles. The number of rotatable bonds is 5. The Bertz CT molecular complexity index is 309. The standard InChI is InChI=1S/C13H25N3O2/c1-4-13(5-7-15-8-6-13)12(18)16(10(2)3)9-11(14)17/h10,15H,4-9H2,1-3H3,(H2,14,17). The molecule has 1 rings (SSSR count). The van der Waals surface area contributed by atoms with E-state index in [0.717, 1.165) is 32.4 Å². The summed E-state index contributed by atoms with van der Waals surface area (Å²) in [7, 11) is 0. The first kappa shape index (κ1) is 15.0. The van der Waals surface area contributed by atoms with E-state index >= 15 is 0 Å². The molecule has 0 aromatic heterocycles. The third kappa shape index (κ3) is 3.22. The number of piperidine rings is 1. The van der Waals surface area contributed by atoms with Crippen LogP contribution in [0.1, 0.15) is 40.0 Å². The summed E-state index contributed by atoms with van der Waals surface area (Å²) in [6, 6.07) is 0.00307. The molecule has 18 heavy (non-hydrogen) atoms. The first-order chi connectivity index (χ1) is 8.43. The third-order valence-electron chi connectivity index (χ3n) is 3.90. The van der Waals surface area contributed by atoms with Gasteiger partial charge in [-0.05, 0) is 46.2 Å². The van der Waals surface area contributed by atoms with Gasteiger partial charge >= 0.3 is 0 Å². The Balaban J connectivity index is 2.88. The molecule has 3 N–H and O–H groups in total. The van der Waals surface area contributed by atoms with Crippen molar-refractivity contribution in [2.75, 3.05) is 19.6 Å². The summed E-state index contributed by atoms with van der Waals surface area (Å²) >= 11 is 0. The minimum Gasteiger partial charge on any atom is -0.368 e. The molecular formula is C13H25N3O2. The summed E-state index contributed by atoms with van der Waals surface area (Å²) in [4.78, 5) is 25.5. The van der Waals surface area contributed by atoms with Gasteiger partial charge in [0.05, 0.1) is 12.0 Å². The van der Waals surface area contributed by atoms with E-state index in [1.165, 1.54) is 0 Å². The zero-order chi connectivity index (χ0) is 13.8. The lowest BCUT2D eigenvalue weighted by Crippen LogP contribution is -2.53. The topological polar surface area (TPSA) is 75.4 Å². The number of primary amides is 1. The van der Waals surface area contributed by atoms with Gasteiger partial charge in [0, 0.05) is 6.04 Å². The van der Waals surface area contributed by atoms with Crippen molar-refractivity contribution in [1.82, 2.24) is 10.2 Å². The van der Waals surface area contributed by atoms with Crippen molar-refractivity contribution in [3.05, 3.63) is 0 Å². The van der Waals surface area contributed by atoms with Crippen LogP contribution in [0.4, 0.5) is 0 Å². The molecule has 0 saturated carbocycles. The molecular weight excluding hydrogens is 230 g/mol. The Morgan fingerprint density at radius 3 is 2.28 bits per heavy atom. The minimum atomic E-state index is -0.447. The molecule has 5 nitrogen and oxygen atoms in total. The van der Waals surface area contributed by atoms with Gasteiger partial charge in [-0.25, -0.2) is 0 Å². The van der Waals surface area contributed by atoms with Crippen LogP contribution in [-0.4, -0.2) is 42.4 Å². The highest BCUT2D eigenvalue weighted by Crippen LogP contribution is 2.35. The third-order valence-corrected chi connectivity index (χ3v) is 3.90. The molecule has 0 aliphatic carbocycles. The normalized spacial score (nSPS) is 18.7. The molecule has 0 aromatic rings. The minimum absolute atomic E-state index is 0.00307. The molecule has 0 spiro atoms. The maximum absolute atomic E-state index is 12.7. The van der Waals surface area contributed by atoms with Gasteiger partial charge in [-0.1, -0.05) is 6.92 Å². The quantitative estimate of drug-likeness (QED) is 0.750. The van der Waals surface area contributed by atoms with Crippen molar-refractivity contribution in [3.8, 4) is 0 Å². The van der Waals surface area contributed by atoms with Crippen molar-refractivity contribution >= 4 is 11.8 Å². The van der Waals surface area contributed by atoms with E-state index < -0.39 is 5.91 Å². The number of nitrogens with zero attached hydrogens (tertiary/aromatic N) is 1. The van der Waals surface area contributed by atoms with Gasteiger partial charge in [0.25, 0.3) is 0 Å². The van der Waals surface area contributed by atoms with Crippen LogP contribution in [0.3, 0.4) is 0 Å². The zero-order valence-corrected chi connectivity index (χ0v) is 11.7. The van der Waals surface area contributed by atoms with E-state index in [1.54, 1.807) is 4.90 Å². The molecule has 0 radical (unpaired) electrons. The zero-order valence-electron chi connectivity index (χ0n) is 11.7. The van der Waals surface area contributed by atoms with Gasteiger partial charge in [0.2, 0.25) is 11.8 Å². The number of hydrogen-bond acceptors (Lipinski definition) is 3. The molecule has 0 unspecified atom stereocenters. The molecule has 104 valence electrons. The Morgan fingerprint density at radius 1 is 1.33 bits per heavy atom. The van der Waals surface area contributed by atoms with E-state index in [9.17, 15) is 9.59 Å². The Morgan fingerprint density at radius 2 is 1.89 bits per heavy atom. The summed E-state index contributed by atoms with van der Waals surface area (Å²) in [5.74, 6) is -0.363. The van der Waals surface area contributed by atoms with Gasteiger partial charge in [-0.15, -0.1) is 0 Å². The van der Waals surface area contributed by atoms with Crippen molar-refractivity contribution < 1.29 is 9.59 Å². The molecule has 0 aromatic carbocycles. The van der Waals surface area contributed by atoms with Gasteiger partial charge < -0.3 is 16.0 Å². The maximum Gasteiger partial charge on any atom is 0.237 e. The molecule has 1 heterocycles. The molecule has 2 amide bonds. The van der Waals surface area contributed by atoms with Crippen LogP contribution in [0.15, 0.2) is 0 Å². The second kappa shape index (κ2) is 6.18. The fourth-order valence-corrected chi connectivity index (χ4v) is 2.59. The second-order valence-electron chi connectivity index (χ2n) is 5.38.